The minimum atomic E-state index is -1.33. The van der Waals surface area contributed by atoms with Gasteiger partial charge >= 0.3 is 0 Å². The highest BCUT2D eigenvalue weighted by Crippen LogP contribution is 2.09. The summed E-state index contributed by atoms with van der Waals surface area (Å²) >= 11 is 0. The molecule has 0 aromatic heterocycles. The maximum Gasteiger partial charge on any atom is 0.286 e. The normalized spacial score (nSPS) is 13.5. The van der Waals surface area contributed by atoms with E-state index >= 15 is 0 Å². The fraction of sp³-hybridized carbons (Fsp3) is 0.875. The van der Waals surface area contributed by atoms with E-state index in [2.05, 4.69) is 30.9 Å². The molecule has 0 aliphatic rings. The van der Waals surface area contributed by atoms with Crippen molar-refractivity contribution in [2.24, 2.45) is 0 Å². The first-order chi connectivity index (χ1) is 5.95. The summed E-state index contributed by atoms with van der Waals surface area (Å²) in [5.74, 6) is 0. The summed E-state index contributed by atoms with van der Waals surface area (Å²) in [4.78, 5) is 0. The van der Waals surface area contributed by atoms with Gasteiger partial charge in [0.2, 0.25) is 0 Å². The quantitative estimate of drug-likeness (QED) is 0.389. The van der Waals surface area contributed by atoms with Crippen LogP contribution in [0.1, 0.15) is 6.42 Å². The van der Waals surface area contributed by atoms with Gasteiger partial charge in [-0.2, -0.15) is 5.26 Å². The lowest BCUT2D eigenvalue weighted by Gasteiger charge is -2.22. The van der Waals surface area contributed by atoms with Crippen LogP contribution in [0.15, 0.2) is 0 Å². The molecule has 0 aliphatic heterocycles. The van der Waals surface area contributed by atoms with Gasteiger partial charge in [0.15, 0.2) is 17.4 Å². The Morgan fingerprint density at radius 3 is 2.46 bits per heavy atom. The van der Waals surface area contributed by atoms with E-state index in [0.717, 1.165) is 12.5 Å². The van der Waals surface area contributed by atoms with Gasteiger partial charge in [-0.1, -0.05) is 0 Å². The third-order valence-electron chi connectivity index (χ3n) is 1.48. The van der Waals surface area contributed by atoms with Crippen LogP contribution in [0.4, 0.5) is 0 Å². The smallest absolute Gasteiger partial charge is 0.286 e. The predicted octanol–water partition coefficient (Wildman–Crippen LogP) is 2.08. The van der Waals surface area contributed by atoms with Crippen LogP contribution in [-0.2, 0) is 8.85 Å². The molecular weight excluding hydrogens is 198 g/mol. The zero-order valence-electron chi connectivity index (χ0n) is 8.96. The van der Waals surface area contributed by atoms with Crippen LogP contribution in [0.3, 0.4) is 0 Å². The van der Waals surface area contributed by atoms with Gasteiger partial charge in [0.25, 0.3) is 6.26 Å². The van der Waals surface area contributed by atoms with Crippen LogP contribution >= 0.6 is 0 Å². The lowest BCUT2D eigenvalue weighted by Crippen LogP contribution is -2.33. The zero-order chi connectivity index (χ0) is 10.3. The molecule has 3 nitrogen and oxygen atoms in total. The second-order valence-electron chi connectivity index (χ2n) is 4.12. The number of rotatable bonds is 6. The van der Waals surface area contributed by atoms with Crippen LogP contribution < -0.4 is 0 Å². The van der Waals surface area contributed by atoms with Gasteiger partial charge in [-0.3, -0.25) is 0 Å². The third-order valence-corrected chi connectivity index (χ3v) is 7.14. The van der Waals surface area contributed by atoms with Gasteiger partial charge in [0.05, 0.1) is 0 Å². The van der Waals surface area contributed by atoms with E-state index in [1.165, 1.54) is 0 Å². The Morgan fingerprint density at radius 2 is 2.00 bits per heavy atom. The lowest BCUT2D eigenvalue weighted by molar-refractivity contribution is 0.269. The maximum atomic E-state index is 8.13. The fourth-order valence-electron chi connectivity index (χ4n) is 1.15. The number of ether oxygens (including phenoxy) is 1. The van der Waals surface area contributed by atoms with E-state index < -0.39 is 17.4 Å². The average molecular weight is 217 g/mol. The molecule has 0 spiro atoms. The number of nitriles is 1. The highest BCUT2D eigenvalue weighted by atomic mass is 28.4. The molecular formula is C8H19NO2Si2. The van der Waals surface area contributed by atoms with Crippen LogP contribution in [0, 0.1) is 11.5 Å². The average Bonchev–Trinajstić information content (AvgIpc) is 1.94. The summed E-state index contributed by atoms with van der Waals surface area (Å²) in [6.07, 6.45) is 2.62. The van der Waals surface area contributed by atoms with Crippen molar-refractivity contribution in [3.8, 4) is 6.26 Å². The molecule has 0 N–H and O–H groups in total. The molecule has 0 aliphatic carbocycles. The molecule has 1 atom stereocenters. The van der Waals surface area contributed by atoms with Gasteiger partial charge in [-0.25, -0.2) is 0 Å². The second-order valence-corrected chi connectivity index (χ2v) is 11.5. The Bertz CT molecular complexity index is 174. The molecule has 0 heterocycles. The van der Waals surface area contributed by atoms with Gasteiger partial charge < -0.3 is 8.85 Å². The summed E-state index contributed by atoms with van der Waals surface area (Å²) in [5, 5.41) is 8.13. The monoisotopic (exact) mass is 217 g/mol. The van der Waals surface area contributed by atoms with Crippen molar-refractivity contribution in [2.45, 2.75) is 38.7 Å². The first-order valence-electron chi connectivity index (χ1n) is 4.64. The molecule has 0 saturated heterocycles. The number of hydrogen-bond donors (Lipinski definition) is 0. The topological polar surface area (TPSA) is 42.2 Å². The van der Waals surface area contributed by atoms with Gasteiger partial charge in [-0.15, -0.1) is 0 Å². The number of hydrogen-bond acceptors (Lipinski definition) is 3. The largest absolute Gasteiger partial charge is 0.458 e. The fourth-order valence-corrected chi connectivity index (χ4v) is 7.19. The maximum absolute atomic E-state index is 8.13. The van der Waals surface area contributed by atoms with Crippen molar-refractivity contribution in [2.75, 3.05) is 6.61 Å². The summed E-state index contributed by atoms with van der Waals surface area (Å²) in [7, 11) is -2.33. The molecule has 1 unspecified atom stereocenters. The summed E-state index contributed by atoms with van der Waals surface area (Å²) in [6.45, 7) is 9.39. The van der Waals surface area contributed by atoms with Gasteiger partial charge in [0, 0.05) is 0 Å². The van der Waals surface area contributed by atoms with Crippen molar-refractivity contribution >= 4 is 17.4 Å². The van der Waals surface area contributed by atoms with E-state index in [-0.39, 0.29) is 0 Å². The first kappa shape index (κ1) is 12.7. The van der Waals surface area contributed by atoms with Crippen molar-refractivity contribution in [1.29, 1.82) is 5.26 Å². The molecule has 0 saturated carbocycles. The van der Waals surface area contributed by atoms with Crippen LogP contribution in [0.5, 0.6) is 0 Å². The minimum absolute atomic E-state index is 0.545. The van der Waals surface area contributed by atoms with E-state index in [4.69, 9.17) is 9.38 Å². The SMILES string of the molecule is C[SiH](CCCOC#N)O[Si](C)(C)C. The van der Waals surface area contributed by atoms with E-state index in [1.54, 1.807) is 6.26 Å². The van der Waals surface area contributed by atoms with Crippen molar-refractivity contribution in [1.82, 2.24) is 0 Å². The van der Waals surface area contributed by atoms with Crippen LogP contribution in [0.2, 0.25) is 32.2 Å². The molecule has 5 heteroatoms. The minimum Gasteiger partial charge on any atom is -0.458 e. The Hall–Kier alpha value is -0.316. The van der Waals surface area contributed by atoms with Gasteiger partial charge in [-0.05, 0) is 38.7 Å². The lowest BCUT2D eigenvalue weighted by atomic mass is 10.5. The van der Waals surface area contributed by atoms with Gasteiger partial charge in [0.1, 0.15) is 6.61 Å². The Morgan fingerprint density at radius 1 is 1.38 bits per heavy atom. The Kier molecular flexibility index (Phi) is 6.03. The zero-order valence-corrected chi connectivity index (χ0v) is 11.1. The van der Waals surface area contributed by atoms with Crippen molar-refractivity contribution in [3.05, 3.63) is 0 Å². The third kappa shape index (κ3) is 9.60. The van der Waals surface area contributed by atoms with E-state index in [9.17, 15) is 0 Å². The molecule has 76 valence electrons. The highest BCUT2D eigenvalue weighted by molar-refractivity contribution is 6.77. The Balaban J connectivity index is 3.42. The molecule has 13 heavy (non-hydrogen) atoms. The number of nitrogens with zero attached hydrogens (tertiary/aromatic N) is 1. The molecule has 0 bridgehead atoms. The molecule has 0 amide bonds. The molecule has 0 fully saturated rings. The summed E-state index contributed by atoms with van der Waals surface area (Å²) in [6, 6.07) is 1.10. The first-order valence-corrected chi connectivity index (χ1v) is 10.5. The standard InChI is InChI=1S/C8H19NO2Si2/c1-12(11-13(2,3)4)7-5-6-10-8-9/h12H,5-7H2,1-4H3. The second kappa shape index (κ2) is 6.19. The summed E-state index contributed by atoms with van der Waals surface area (Å²) in [5.41, 5.74) is 0. The van der Waals surface area contributed by atoms with Crippen LogP contribution in [0.25, 0.3) is 0 Å². The van der Waals surface area contributed by atoms with E-state index in [1.807, 2.05) is 0 Å². The molecule has 0 aromatic rings. The Labute approximate surface area is 83.5 Å². The summed E-state index contributed by atoms with van der Waals surface area (Å²) < 4.78 is 10.6. The molecule has 0 radical (unpaired) electrons. The molecule has 0 aromatic carbocycles. The highest BCUT2D eigenvalue weighted by Gasteiger charge is 2.18. The predicted molar refractivity (Wildman–Crippen MR) is 58.4 cm³/mol. The van der Waals surface area contributed by atoms with Crippen LogP contribution in [-0.4, -0.2) is 24.0 Å². The van der Waals surface area contributed by atoms with E-state index in [0.29, 0.717) is 6.61 Å². The van der Waals surface area contributed by atoms with Crippen molar-refractivity contribution < 1.29 is 8.85 Å². The van der Waals surface area contributed by atoms with Crippen molar-refractivity contribution in [3.63, 3.8) is 0 Å². The molecule has 0 rings (SSSR count).